The smallest absolute Gasteiger partial charge is 0.451 e. The molecule has 5 N–H and O–H groups in total. The number of rotatable bonds is 10. The molecule has 0 amide bonds. The number of hydrogen-bond acceptors (Lipinski definition) is 5. The third kappa shape index (κ3) is 5.60. The standard InChI is InChI=1S/C23H30BClN2O4/c1-27(20-6-4-5-17(13-20)16-7-9-19(25)10-8-16)21-14-18(15-21)23(26,22(28)29)11-2-3-12-24(30)31/h4-10,13,18,21,30-31H,2-3,11-12,14-15,26H2,1H3,(H,28,29)/t18-,21-,23-/m0/s1. The van der Waals surface area contributed by atoms with E-state index in [1.54, 1.807) is 0 Å². The van der Waals surface area contributed by atoms with Gasteiger partial charge in [-0.05, 0) is 66.9 Å². The number of halogens is 1. The van der Waals surface area contributed by atoms with Crippen molar-refractivity contribution in [2.24, 2.45) is 11.7 Å². The van der Waals surface area contributed by atoms with Crippen LogP contribution < -0.4 is 10.6 Å². The van der Waals surface area contributed by atoms with Gasteiger partial charge in [0.1, 0.15) is 5.54 Å². The second kappa shape index (κ2) is 10.0. The van der Waals surface area contributed by atoms with Gasteiger partial charge in [0.2, 0.25) is 0 Å². The highest BCUT2D eigenvalue weighted by Gasteiger charge is 2.49. The molecule has 8 heteroatoms. The molecule has 0 aliphatic heterocycles. The summed E-state index contributed by atoms with van der Waals surface area (Å²) in [5.41, 5.74) is 8.31. The van der Waals surface area contributed by atoms with Crippen LogP contribution in [0.2, 0.25) is 11.3 Å². The quantitative estimate of drug-likeness (QED) is 0.329. The number of aliphatic carboxylic acids is 1. The van der Waals surface area contributed by atoms with Crippen molar-refractivity contribution in [3.05, 3.63) is 53.6 Å². The summed E-state index contributed by atoms with van der Waals surface area (Å²) in [4.78, 5) is 14.1. The molecule has 31 heavy (non-hydrogen) atoms. The molecular weight excluding hydrogens is 415 g/mol. The van der Waals surface area contributed by atoms with Crippen molar-refractivity contribution in [3.63, 3.8) is 0 Å². The number of anilines is 1. The Hall–Kier alpha value is -2.06. The molecule has 1 aliphatic rings. The molecule has 0 bridgehead atoms. The molecule has 0 heterocycles. The van der Waals surface area contributed by atoms with Crippen molar-refractivity contribution in [3.8, 4) is 11.1 Å². The highest BCUT2D eigenvalue weighted by atomic mass is 35.5. The van der Waals surface area contributed by atoms with Crippen molar-refractivity contribution in [1.29, 1.82) is 0 Å². The summed E-state index contributed by atoms with van der Waals surface area (Å²) in [6.07, 6.45) is 3.09. The largest absolute Gasteiger partial charge is 0.480 e. The van der Waals surface area contributed by atoms with Crippen molar-refractivity contribution in [1.82, 2.24) is 0 Å². The van der Waals surface area contributed by atoms with Crippen molar-refractivity contribution in [2.45, 2.75) is 50.0 Å². The Morgan fingerprint density at radius 2 is 1.84 bits per heavy atom. The van der Waals surface area contributed by atoms with E-state index in [-0.39, 0.29) is 18.3 Å². The molecular formula is C23H30BClN2O4. The second-order valence-electron chi connectivity index (χ2n) is 8.56. The average molecular weight is 445 g/mol. The summed E-state index contributed by atoms with van der Waals surface area (Å²) in [7, 11) is 0.672. The Bertz CT molecular complexity index is 889. The lowest BCUT2D eigenvalue weighted by Crippen LogP contribution is -2.61. The van der Waals surface area contributed by atoms with Gasteiger partial charge in [-0.1, -0.05) is 48.7 Å². The van der Waals surface area contributed by atoms with Gasteiger partial charge in [-0.2, -0.15) is 0 Å². The van der Waals surface area contributed by atoms with Gasteiger partial charge in [0.05, 0.1) is 0 Å². The van der Waals surface area contributed by atoms with Crippen LogP contribution in [0.3, 0.4) is 0 Å². The molecule has 3 rings (SSSR count). The van der Waals surface area contributed by atoms with E-state index in [2.05, 4.69) is 23.1 Å². The lowest BCUT2D eigenvalue weighted by atomic mass is 9.65. The molecule has 6 nitrogen and oxygen atoms in total. The number of carbonyl (C=O) groups is 1. The lowest BCUT2D eigenvalue weighted by Gasteiger charge is -2.48. The number of unbranched alkanes of at least 4 members (excludes halogenated alkanes) is 1. The maximum absolute atomic E-state index is 11.9. The van der Waals surface area contributed by atoms with Gasteiger partial charge in [0, 0.05) is 23.8 Å². The zero-order valence-electron chi connectivity index (χ0n) is 17.7. The van der Waals surface area contributed by atoms with Gasteiger partial charge in [-0.15, -0.1) is 0 Å². The average Bonchev–Trinajstić information content (AvgIpc) is 2.70. The normalized spacial score (nSPS) is 19.9. The summed E-state index contributed by atoms with van der Waals surface area (Å²) < 4.78 is 0. The Morgan fingerprint density at radius 1 is 1.16 bits per heavy atom. The number of carboxylic acids is 1. The van der Waals surface area contributed by atoms with Crippen molar-refractivity contribution in [2.75, 3.05) is 11.9 Å². The Balaban J connectivity index is 1.62. The fraction of sp³-hybridized carbons (Fsp3) is 0.435. The van der Waals surface area contributed by atoms with Crippen LogP contribution in [0.1, 0.15) is 32.1 Å². The molecule has 0 unspecified atom stereocenters. The molecule has 1 fully saturated rings. The summed E-state index contributed by atoms with van der Waals surface area (Å²) >= 11 is 5.99. The number of hydrogen-bond donors (Lipinski definition) is 4. The minimum Gasteiger partial charge on any atom is -0.480 e. The molecule has 1 saturated carbocycles. The highest BCUT2D eigenvalue weighted by molar-refractivity contribution is 6.40. The first kappa shape index (κ1) is 23.6. The van der Waals surface area contributed by atoms with Gasteiger partial charge in [0.25, 0.3) is 0 Å². The molecule has 0 saturated heterocycles. The zero-order valence-corrected chi connectivity index (χ0v) is 18.5. The summed E-state index contributed by atoms with van der Waals surface area (Å²) in [6.45, 7) is 0. The predicted octanol–water partition coefficient (Wildman–Crippen LogP) is 3.65. The zero-order chi connectivity index (χ0) is 22.6. The summed E-state index contributed by atoms with van der Waals surface area (Å²) in [5.74, 6) is -1.08. The van der Waals surface area contributed by atoms with Gasteiger partial charge in [-0.3, -0.25) is 4.79 Å². The van der Waals surface area contributed by atoms with Crippen LogP contribution in [0.15, 0.2) is 48.5 Å². The number of nitrogens with two attached hydrogens (primary N) is 1. The van der Waals surface area contributed by atoms with Gasteiger partial charge < -0.3 is 25.8 Å². The molecule has 166 valence electrons. The maximum atomic E-state index is 11.9. The molecule has 0 radical (unpaired) electrons. The number of carboxylic acid groups (broad SMARTS) is 1. The van der Waals surface area contributed by atoms with E-state index < -0.39 is 18.6 Å². The molecule has 2 aromatic carbocycles. The van der Waals surface area contributed by atoms with Crippen LogP contribution in [0.25, 0.3) is 11.1 Å². The van der Waals surface area contributed by atoms with E-state index >= 15 is 0 Å². The Labute approximate surface area is 188 Å². The minimum atomic E-state index is -1.36. The number of benzene rings is 2. The van der Waals surface area contributed by atoms with E-state index in [1.807, 2.05) is 37.4 Å². The van der Waals surface area contributed by atoms with Crippen LogP contribution in [0.5, 0.6) is 0 Å². The van der Waals surface area contributed by atoms with Crippen LogP contribution in [-0.2, 0) is 4.79 Å². The first-order valence-electron chi connectivity index (χ1n) is 10.7. The van der Waals surface area contributed by atoms with Gasteiger partial charge >= 0.3 is 13.1 Å². The van der Waals surface area contributed by atoms with Gasteiger partial charge in [-0.25, -0.2) is 0 Å². The molecule has 0 aromatic heterocycles. The monoisotopic (exact) mass is 444 g/mol. The van der Waals surface area contributed by atoms with Crippen LogP contribution in [0.4, 0.5) is 5.69 Å². The van der Waals surface area contributed by atoms with E-state index in [1.165, 1.54) is 0 Å². The second-order valence-corrected chi connectivity index (χ2v) is 9.00. The summed E-state index contributed by atoms with van der Waals surface area (Å²) in [5, 5.41) is 28.4. The topological polar surface area (TPSA) is 107 Å². The maximum Gasteiger partial charge on any atom is 0.451 e. The van der Waals surface area contributed by atoms with Crippen LogP contribution in [0, 0.1) is 5.92 Å². The minimum absolute atomic E-state index is 0.101. The van der Waals surface area contributed by atoms with E-state index in [0.29, 0.717) is 37.1 Å². The fourth-order valence-corrected chi connectivity index (χ4v) is 4.44. The molecule has 2 aromatic rings. The summed E-state index contributed by atoms with van der Waals surface area (Å²) in [6, 6.07) is 16.2. The molecule has 0 spiro atoms. The van der Waals surface area contributed by atoms with E-state index in [0.717, 1.165) is 16.8 Å². The number of nitrogens with zero attached hydrogens (tertiary/aromatic N) is 1. The first-order chi connectivity index (χ1) is 14.7. The highest BCUT2D eigenvalue weighted by Crippen LogP contribution is 2.42. The van der Waals surface area contributed by atoms with Crippen molar-refractivity contribution < 1.29 is 19.9 Å². The first-order valence-corrected chi connectivity index (χ1v) is 11.1. The third-order valence-electron chi connectivity index (χ3n) is 6.52. The predicted molar refractivity (Wildman–Crippen MR) is 125 cm³/mol. The van der Waals surface area contributed by atoms with Gasteiger partial charge in [0.15, 0.2) is 0 Å². The molecule has 1 aliphatic carbocycles. The van der Waals surface area contributed by atoms with E-state index in [9.17, 15) is 9.90 Å². The van der Waals surface area contributed by atoms with Crippen LogP contribution >= 0.6 is 11.6 Å². The SMILES string of the molecule is CN(c1cccc(-c2ccc(Cl)cc2)c1)[C@H]1C[C@H]([C@@](N)(CCCCB(O)O)C(=O)O)C1. The van der Waals surface area contributed by atoms with Crippen LogP contribution in [-0.4, -0.2) is 46.9 Å². The Kier molecular flexibility index (Phi) is 7.65. The fourth-order valence-electron chi connectivity index (χ4n) is 4.31. The molecule has 1 atom stereocenters. The lowest BCUT2D eigenvalue weighted by molar-refractivity contribution is -0.147. The van der Waals surface area contributed by atoms with E-state index in [4.69, 9.17) is 27.4 Å². The van der Waals surface area contributed by atoms with Crippen molar-refractivity contribution >= 4 is 30.4 Å². The third-order valence-corrected chi connectivity index (χ3v) is 6.77. The Morgan fingerprint density at radius 3 is 2.45 bits per heavy atom.